The Morgan fingerprint density at radius 2 is 1.06 bits per heavy atom. The molecule has 0 saturated carbocycles. The molecule has 0 aliphatic carbocycles. The van der Waals surface area contributed by atoms with Crippen molar-refractivity contribution in [3.05, 3.63) is 12.3 Å². The number of esters is 3. The molecule has 52 heavy (non-hydrogen) atoms. The Morgan fingerprint density at radius 1 is 0.615 bits per heavy atom. The Bertz CT molecular complexity index is 1270. The van der Waals surface area contributed by atoms with E-state index >= 15 is 0 Å². The number of alkyl halides is 17. The third-order valence-electron chi connectivity index (χ3n) is 6.61. The van der Waals surface area contributed by atoms with E-state index in [0.29, 0.717) is 0 Å². The van der Waals surface area contributed by atoms with Gasteiger partial charge >= 0.3 is 65.5 Å². The molecule has 26 heteroatoms. The molecule has 0 aromatic heterocycles. The van der Waals surface area contributed by atoms with Crippen LogP contribution in [0.5, 0.6) is 0 Å². The molecule has 0 bridgehead atoms. The Morgan fingerprint density at radius 3 is 1.52 bits per heavy atom. The van der Waals surface area contributed by atoms with Crippen LogP contribution in [0, 0.1) is 0 Å². The van der Waals surface area contributed by atoms with E-state index < -0.39 is 123 Å². The number of hydrogen-bond acceptors (Lipinski definition) is 9. The summed E-state index contributed by atoms with van der Waals surface area (Å²) < 4.78 is 257. The molecular weight excluding hydrogens is 779 g/mol. The van der Waals surface area contributed by atoms with Gasteiger partial charge in [0.2, 0.25) is 12.4 Å². The van der Waals surface area contributed by atoms with Gasteiger partial charge in [0, 0.05) is 33.8 Å². The van der Waals surface area contributed by atoms with E-state index in [1.807, 2.05) is 0 Å². The molecule has 1 aliphatic rings. The molecule has 0 radical (unpaired) electrons. The van der Waals surface area contributed by atoms with Crippen LogP contribution >= 0.6 is 0 Å². The Hall–Kier alpha value is -3.32. The number of carbonyl (C=O) groups is 3. The second-order valence-corrected chi connectivity index (χ2v) is 10.7. The van der Waals surface area contributed by atoms with Gasteiger partial charge in [0.1, 0.15) is 0 Å². The van der Waals surface area contributed by atoms with Gasteiger partial charge < -0.3 is 28.4 Å². The predicted octanol–water partition coefficient (Wildman–Crippen LogP) is 6.86. The van der Waals surface area contributed by atoms with E-state index in [4.69, 9.17) is 28.4 Å². The number of hydrogen-bond donors (Lipinski definition) is 0. The highest BCUT2D eigenvalue weighted by Gasteiger charge is 2.95. The fraction of sp³-hybridized carbons (Fsp3) is 0.808. The monoisotopic (exact) mass is 806 g/mol. The highest BCUT2D eigenvalue weighted by Crippen LogP contribution is 2.64. The molecule has 0 N–H and O–H groups in total. The number of halogens is 17. The molecule has 0 unspecified atom stereocenters. The van der Waals surface area contributed by atoms with Gasteiger partial charge in [0.15, 0.2) is 12.2 Å². The van der Waals surface area contributed by atoms with E-state index in [9.17, 15) is 89.0 Å². The fourth-order valence-electron chi connectivity index (χ4n) is 4.03. The van der Waals surface area contributed by atoms with Crippen molar-refractivity contribution in [3.63, 3.8) is 0 Å². The first-order valence-electron chi connectivity index (χ1n) is 14.0. The maximum absolute atomic E-state index is 14.0. The molecule has 1 aliphatic heterocycles. The minimum Gasteiger partial charge on any atom is -0.469 e. The lowest BCUT2D eigenvalue weighted by atomic mass is 9.88. The first-order valence-corrected chi connectivity index (χ1v) is 14.0. The van der Waals surface area contributed by atoms with Crippen molar-refractivity contribution in [1.29, 1.82) is 0 Å². The average Bonchev–Trinajstić information content (AvgIpc) is 2.96. The topological polar surface area (TPSA) is 107 Å². The minimum atomic E-state index is -8.69. The maximum atomic E-state index is 14.0. The van der Waals surface area contributed by atoms with Gasteiger partial charge in [-0.2, -0.15) is 74.6 Å². The smallest absolute Gasteiger partial charge is 0.460 e. The summed E-state index contributed by atoms with van der Waals surface area (Å²) in [5.74, 6) is -59.4. The zero-order valence-electron chi connectivity index (χ0n) is 26.3. The SMILES string of the molecule is CC(=O)O[C@@H]1[C@@H](OC(C)=O)[C@H](OC=CCCOCCCC(F)(F)C(F)(F)C(F)(F)C(F)(F)C(F)(F)C(F)(F)C(F)(F)C(F)(F)F)OC[C@@H]1OC(C)=O. The highest BCUT2D eigenvalue weighted by atomic mass is 19.4. The zero-order valence-corrected chi connectivity index (χ0v) is 26.3. The molecule has 0 aromatic rings. The van der Waals surface area contributed by atoms with E-state index in [-0.39, 0.29) is 6.42 Å². The van der Waals surface area contributed by atoms with Gasteiger partial charge in [-0.15, -0.1) is 0 Å². The molecule has 1 fully saturated rings. The van der Waals surface area contributed by atoms with Gasteiger partial charge in [-0.1, -0.05) is 0 Å². The van der Waals surface area contributed by atoms with Gasteiger partial charge in [0.05, 0.1) is 19.5 Å². The van der Waals surface area contributed by atoms with Crippen LogP contribution in [0.4, 0.5) is 74.6 Å². The lowest BCUT2D eigenvalue weighted by Gasteiger charge is -2.42. The lowest BCUT2D eigenvalue weighted by Crippen LogP contribution is -2.74. The molecule has 9 nitrogen and oxygen atoms in total. The highest BCUT2D eigenvalue weighted by molar-refractivity contribution is 5.68. The second-order valence-electron chi connectivity index (χ2n) is 10.7. The molecule has 1 rings (SSSR count). The molecule has 1 saturated heterocycles. The number of ether oxygens (including phenoxy) is 6. The molecule has 0 spiro atoms. The summed E-state index contributed by atoms with van der Waals surface area (Å²) in [4.78, 5) is 34.5. The number of rotatable bonds is 18. The normalized spacial score (nSPS) is 21.5. The van der Waals surface area contributed by atoms with Gasteiger partial charge in [-0.25, -0.2) is 0 Å². The van der Waals surface area contributed by atoms with Crippen molar-refractivity contribution >= 4 is 17.9 Å². The van der Waals surface area contributed by atoms with Gasteiger partial charge in [0.25, 0.3) is 0 Å². The van der Waals surface area contributed by atoms with Crippen LogP contribution in [0.15, 0.2) is 12.3 Å². The van der Waals surface area contributed by atoms with Crippen LogP contribution < -0.4 is 0 Å². The van der Waals surface area contributed by atoms with Crippen molar-refractivity contribution in [2.75, 3.05) is 19.8 Å². The fourth-order valence-corrected chi connectivity index (χ4v) is 4.03. The van der Waals surface area contributed by atoms with E-state index in [1.54, 1.807) is 0 Å². The van der Waals surface area contributed by atoms with Crippen LogP contribution in [0.3, 0.4) is 0 Å². The Kier molecular flexibility index (Phi) is 14.7. The van der Waals surface area contributed by atoms with E-state index in [1.165, 1.54) is 0 Å². The molecule has 304 valence electrons. The van der Waals surface area contributed by atoms with Crippen molar-refractivity contribution in [1.82, 2.24) is 0 Å². The third kappa shape index (κ3) is 9.42. The molecule has 0 amide bonds. The van der Waals surface area contributed by atoms with Crippen LogP contribution in [0.1, 0.15) is 40.0 Å². The summed E-state index contributed by atoms with van der Waals surface area (Å²) in [7, 11) is 0. The molecule has 0 aromatic carbocycles. The van der Waals surface area contributed by atoms with Crippen molar-refractivity contribution in [2.24, 2.45) is 0 Å². The summed E-state index contributed by atoms with van der Waals surface area (Å²) in [6.45, 7) is 0.883. The largest absolute Gasteiger partial charge is 0.469 e. The molecular formula is C26H27F17O9. The summed E-state index contributed by atoms with van der Waals surface area (Å²) in [6, 6.07) is 0. The second kappa shape index (κ2) is 16.4. The van der Waals surface area contributed by atoms with Crippen molar-refractivity contribution < 1.29 is 117 Å². The van der Waals surface area contributed by atoms with Gasteiger partial charge in [-0.3, -0.25) is 14.4 Å². The summed E-state index contributed by atoms with van der Waals surface area (Å²) in [5, 5.41) is 0. The lowest BCUT2D eigenvalue weighted by molar-refractivity contribution is -0.461. The number of carbonyl (C=O) groups excluding carboxylic acids is 3. The standard InChI is InChI=1S/C26H27F17O9/c1-12(44)50-15-11-49-18(17(52-14(3)46)16(15)51-13(2)45)48-10-5-4-8-47-9-6-7-19(27,28)20(29,30)21(31,32)22(33,34)23(35,36)24(37,38)25(39,40)26(41,42)43/h5,10,15-18H,4,6-9,11H2,1-3H3/t15-,16-,17+,18+/m0/s1. The molecule has 4 atom stereocenters. The van der Waals surface area contributed by atoms with Crippen LogP contribution in [-0.2, 0) is 42.8 Å². The summed E-state index contributed by atoms with van der Waals surface area (Å²) in [6.07, 6.45) is -15.9. The maximum Gasteiger partial charge on any atom is 0.460 e. The third-order valence-corrected chi connectivity index (χ3v) is 6.61. The molecule has 1 heterocycles. The van der Waals surface area contributed by atoms with Crippen LogP contribution in [-0.4, -0.2) is 110 Å². The summed E-state index contributed by atoms with van der Waals surface area (Å²) in [5.41, 5.74) is 0. The quantitative estimate of drug-likeness (QED) is 0.0483. The Labute approximate surface area is 280 Å². The van der Waals surface area contributed by atoms with Crippen LogP contribution in [0.2, 0.25) is 0 Å². The first-order chi connectivity index (χ1) is 23.2. The van der Waals surface area contributed by atoms with E-state index in [2.05, 4.69) is 0 Å². The zero-order chi connectivity index (χ0) is 40.9. The minimum absolute atomic E-state index is 0.253. The predicted molar refractivity (Wildman–Crippen MR) is 132 cm³/mol. The summed E-state index contributed by atoms with van der Waals surface area (Å²) >= 11 is 0. The van der Waals surface area contributed by atoms with E-state index in [0.717, 1.165) is 33.1 Å². The average molecular weight is 806 g/mol. The Balaban J connectivity index is 2.86. The van der Waals surface area contributed by atoms with Crippen molar-refractivity contribution in [2.45, 2.75) is 112 Å². The first kappa shape index (κ1) is 46.7. The van der Waals surface area contributed by atoms with Gasteiger partial charge in [-0.05, 0) is 18.9 Å². The van der Waals surface area contributed by atoms with Crippen LogP contribution in [0.25, 0.3) is 0 Å². The van der Waals surface area contributed by atoms with Crippen molar-refractivity contribution in [3.8, 4) is 0 Å².